The zero-order valence-electron chi connectivity index (χ0n) is 15.9. The van der Waals surface area contributed by atoms with Crippen molar-refractivity contribution in [1.82, 2.24) is 5.32 Å². The molecule has 0 aliphatic heterocycles. The number of benzene rings is 2. The lowest BCUT2D eigenvalue weighted by Crippen LogP contribution is -2.31. The van der Waals surface area contributed by atoms with E-state index >= 15 is 0 Å². The van der Waals surface area contributed by atoms with Crippen LogP contribution in [0.25, 0.3) is 0 Å². The number of rotatable bonds is 8. The van der Waals surface area contributed by atoms with Crippen LogP contribution in [0.4, 0.5) is 0 Å². The number of fused-ring (bicyclic) bond motifs is 1. The van der Waals surface area contributed by atoms with Crippen LogP contribution in [0.5, 0.6) is 5.75 Å². The number of Topliss-reactive ketones (excluding diaryl/α,β-unsaturated/α-hetero) is 1. The number of carbonyl (C=O) groups excluding carboxylic acids is 2. The van der Waals surface area contributed by atoms with E-state index in [1.54, 1.807) is 12.1 Å². The van der Waals surface area contributed by atoms with E-state index in [2.05, 4.69) is 24.4 Å². The van der Waals surface area contributed by atoms with Gasteiger partial charge in [-0.2, -0.15) is 0 Å². The SMILES string of the molecule is CCCOc1ccc(C(=O)CCC(=O)N[C@H]2CCCc3ccccc32)cc1. The van der Waals surface area contributed by atoms with Gasteiger partial charge in [0.05, 0.1) is 12.6 Å². The third-order valence-electron chi connectivity index (χ3n) is 4.93. The van der Waals surface area contributed by atoms with Crippen LogP contribution in [0, 0.1) is 0 Å². The highest BCUT2D eigenvalue weighted by molar-refractivity contribution is 5.98. The van der Waals surface area contributed by atoms with E-state index < -0.39 is 0 Å². The zero-order valence-corrected chi connectivity index (χ0v) is 15.9. The topological polar surface area (TPSA) is 55.4 Å². The van der Waals surface area contributed by atoms with E-state index in [0.29, 0.717) is 12.2 Å². The third kappa shape index (κ3) is 5.19. The van der Waals surface area contributed by atoms with Crippen LogP contribution >= 0.6 is 0 Å². The molecule has 0 saturated carbocycles. The summed E-state index contributed by atoms with van der Waals surface area (Å²) in [4.78, 5) is 24.7. The zero-order chi connectivity index (χ0) is 19.1. The lowest BCUT2D eigenvalue weighted by Gasteiger charge is -2.26. The van der Waals surface area contributed by atoms with Gasteiger partial charge in [0.25, 0.3) is 0 Å². The number of ketones is 1. The average molecular weight is 365 g/mol. The number of hydrogen-bond acceptors (Lipinski definition) is 3. The van der Waals surface area contributed by atoms with Crippen molar-refractivity contribution < 1.29 is 14.3 Å². The summed E-state index contributed by atoms with van der Waals surface area (Å²) in [6, 6.07) is 15.5. The van der Waals surface area contributed by atoms with Gasteiger partial charge in [-0.15, -0.1) is 0 Å². The van der Waals surface area contributed by atoms with Gasteiger partial charge in [0.15, 0.2) is 5.78 Å². The van der Waals surface area contributed by atoms with Gasteiger partial charge in [0.1, 0.15) is 5.75 Å². The number of carbonyl (C=O) groups is 2. The van der Waals surface area contributed by atoms with E-state index in [4.69, 9.17) is 4.74 Å². The van der Waals surface area contributed by atoms with Crippen LogP contribution in [0.2, 0.25) is 0 Å². The molecule has 3 rings (SSSR count). The van der Waals surface area contributed by atoms with Gasteiger partial charge in [-0.05, 0) is 61.1 Å². The summed E-state index contributed by atoms with van der Waals surface area (Å²) in [5.74, 6) is 0.686. The monoisotopic (exact) mass is 365 g/mol. The van der Waals surface area contributed by atoms with Crippen LogP contribution in [0.1, 0.15) is 66.6 Å². The molecule has 0 unspecified atom stereocenters. The Morgan fingerprint density at radius 2 is 1.85 bits per heavy atom. The van der Waals surface area contributed by atoms with Crippen LogP contribution in [-0.4, -0.2) is 18.3 Å². The maximum absolute atomic E-state index is 12.3. The number of aryl methyl sites for hydroxylation is 1. The summed E-state index contributed by atoms with van der Waals surface area (Å²) in [6.07, 6.45) is 4.48. The molecule has 1 atom stereocenters. The number of amides is 1. The van der Waals surface area contributed by atoms with Crippen molar-refractivity contribution in [2.45, 2.75) is 51.5 Å². The molecule has 1 aliphatic carbocycles. The molecule has 4 heteroatoms. The second-order valence-electron chi connectivity index (χ2n) is 7.01. The molecule has 27 heavy (non-hydrogen) atoms. The van der Waals surface area contributed by atoms with E-state index in [1.807, 2.05) is 24.3 Å². The van der Waals surface area contributed by atoms with E-state index in [0.717, 1.165) is 31.4 Å². The fourth-order valence-electron chi connectivity index (χ4n) is 3.50. The molecule has 0 saturated heterocycles. The van der Waals surface area contributed by atoms with Crippen molar-refractivity contribution in [2.24, 2.45) is 0 Å². The van der Waals surface area contributed by atoms with Gasteiger partial charge in [-0.3, -0.25) is 9.59 Å². The Kier molecular flexibility index (Phi) is 6.64. The number of ether oxygens (including phenoxy) is 1. The summed E-state index contributed by atoms with van der Waals surface area (Å²) in [5, 5.41) is 3.10. The van der Waals surface area contributed by atoms with Crippen molar-refractivity contribution in [2.75, 3.05) is 6.61 Å². The van der Waals surface area contributed by atoms with Crippen LogP contribution in [0.3, 0.4) is 0 Å². The maximum atomic E-state index is 12.3. The Labute approximate surface area is 160 Å². The largest absolute Gasteiger partial charge is 0.494 e. The lowest BCUT2D eigenvalue weighted by molar-refractivity contribution is -0.121. The normalized spacial score (nSPS) is 15.7. The van der Waals surface area contributed by atoms with Crippen molar-refractivity contribution in [3.8, 4) is 5.75 Å². The number of hydrogen-bond donors (Lipinski definition) is 1. The quantitative estimate of drug-likeness (QED) is 0.694. The Morgan fingerprint density at radius 1 is 1.07 bits per heavy atom. The highest BCUT2D eigenvalue weighted by Crippen LogP contribution is 2.29. The van der Waals surface area contributed by atoms with Crippen molar-refractivity contribution in [3.05, 3.63) is 65.2 Å². The third-order valence-corrected chi connectivity index (χ3v) is 4.93. The molecule has 0 fully saturated rings. The Hall–Kier alpha value is -2.62. The molecule has 4 nitrogen and oxygen atoms in total. The predicted octanol–water partition coefficient (Wildman–Crippen LogP) is 4.63. The van der Waals surface area contributed by atoms with E-state index in [9.17, 15) is 9.59 Å². The van der Waals surface area contributed by atoms with Crippen molar-refractivity contribution in [1.29, 1.82) is 0 Å². The molecule has 0 heterocycles. The highest BCUT2D eigenvalue weighted by Gasteiger charge is 2.21. The number of nitrogens with one attached hydrogen (secondary N) is 1. The van der Waals surface area contributed by atoms with E-state index in [1.165, 1.54) is 11.1 Å². The van der Waals surface area contributed by atoms with Gasteiger partial charge < -0.3 is 10.1 Å². The Morgan fingerprint density at radius 3 is 2.63 bits per heavy atom. The molecule has 1 N–H and O–H groups in total. The van der Waals surface area contributed by atoms with Gasteiger partial charge >= 0.3 is 0 Å². The first-order chi connectivity index (χ1) is 13.2. The van der Waals surface area contributed by atoms with Crippen molar-refractivity contribution >= 4 is 11.7 Å². The van der Waals surface area contributed by atoms with Crippen LogP contribution in [-0.2, 0) is 11.2 Å². The summed E-state index contributed by atoms with van der Waals surface area (Å²) < 4.78 is 5.53. The Bertz CT molecular complexity index is 782. The first-order valence-electron chi connectivity index (χ1n) is 9.80. The summed E-state index contributed by atoms with van der Waals surface area (Å²) in [6.45, 7) is 2.71. The van der Waals surface area contributed by atoms with Gasteiger partial charge in [-0.25, -0.2) is 0 Å². The molecule has 1 aliphatic rings. The summed E-state index contributed by atoms with van der Waals surface area (Å²) >= 11 is 0. The first kappa shape index (κ1) is 19.2. The van der Waals surface area contributed by atoms with E-state index in [-0.39, 0.29) is 30.6 Å². The molecule has 0 radical (unpaired) electrons. The van der Waals surface area contributed by atoms with Crippen molar-refractivity contribution in [3.63, 3.8) is 0 Å². The standard InChI is InChI=1S/C23H27NO3/c1-2-16-27-19-12-10-18(11-13-19)22(25)14-15-23(26)24-21-9-5-7-17-6-3-4-8-20(17)21/h3-4,6,8,10-13,21H,2,5,7,9,14-16H2,1H3,(H,24,26)/t21-/m0/s1. The first-order valence-corrected chi connectivity index (χ1v) is 9.80. The average Bonchev–Trinajstić information content (AvgIpc) is 2.71. The molecule has 0 aromatic heterocycles. The molecule has 0 bridgehead atoms. The maximum Gasteiger partial charge on any atom is 0.220 e. The highest BCUT2D eigenvalue weighted by atomic mass is 16.5. The second kappa shape index (κ2) is 9.36. The molecule has 2 aromatic rings. The molecular formula is C23H27NO3. The molecular weight excluding hydrogens is 338 g/mol. The fraction of sp³-hybridized carbons (Fsp3) is 0.391. The van der Waals surface area contributed by atoms with Crippen LogP contribution < -0.4 is 10.1 Å². The minimum atomic E-state index is -0.0621. The van der Waals surface area contributed by atoms with Crippen LogP contribution in [0.15, 0.2) is 48.5 Å². The van der Waals surface area contributed by atoms with Gasteiger partial charge in [-0.1, -0.05) is 31.2 Å². The van der Waals surface area contributed by atoms with Gasteiger partial charge in [0.2, 0.25) is 5.91 Å². The summed E-state index contributed by atoms with van der Waals surface area (Å²) in [5.41, 5.74) is 3.15. The lowest BCUT2D eigenvalue weighted by atomic mass is 9.87. The fourth-order valence-corrected chi connectivity index (χ4v) is 3.50. The molecule has 1 amide bonds. The second-order valence-corrected chi connectivity index (χ2v) is 7.01. The minimum absolute atomic E-state index is 0.0174. The molecule has 2 aromatic carbocycles. The molecule has 142 valence electrons. The predicted molar refractivity (Wildman–Crippen MR) is 106 cm³/mol. The Balaban J connectivity index is 1.50. The minimum Gasteiger partial charge on any atom is -0.494 e. The summed E-state index contributed by atoms with van der Waals surface area (Å²) in [7, 11) is 0. The van der Waals surface area contributed by atoms with Gasteiger partial charge in [0, 0.05) is 18.4 Å². The smallest absolute Gasteiger partial charge is 0.220 e. The molecule has 0 spiro atoms.